The normalized spacial score (nSPS) is 13.0. The predicted octanol–water partition coefficient (Wildman–Crippen LogP) is 4.09. The van der Waals surface area contributed by atoms with Crippen LogP contribution in [0.3, 0.4) is 0 Å². The lowest BCUT2D eigenvalue weighted by molar-refractivity contribution is -0.116. The molecular formula is C20H19IN2O3. The molecule has 0 fully saturated rings. The van der Waals surface area contributed by atoms with Gasteiger partial charge in [0.25, 0.3) is 11.8 Å². The lowest BCUT2D eigenvalue weighted by atomic mass is 10.1. The van der Waals surface area contributed by atoms with Gasteiger partial charge in [0.05, 0.1) is 11.1 Å². The van der Waals surface area contributed by atoms with Crippen LogP contribution >= 0.6 is 22.6 Å². The maximum Gasteiger partial charge on any atom is 0.261 e. The molecule has 0 saturated carbocycles. The van der Waals surface area contributed by atoms with Gasteiger partial charge in [-0.05, 0) is 71.8 Å². The van der Waals surface area contributed by atoms with Crippen molar-refractivity contribution in [3.8, 4) is 0 Å². The number of rotatable bonds is 7. The van der Waals surface area contributed by atoms with E-state index < -0.39 is 0 Å². The van der Waals surface area contributed by atoms with Crippen LogP contribution in [-0.4, -0.2) is 29.2 Å². The van der Waals surface area contributed by atoms with Crippen molar-refractivity contribution in [2.75, 3.05) is 11.9 Å². The highest BCUT2D eigenvalue weighted by atomic mass is 127. The van der Waals surface area contributed by atoms with E-state index >= 15 is 0 Å². The Hall–Kier alpha value is -2.22. The highest BCUT2D eigenvalue weighted by Crippen LogP contribution is 2.22. The summed E-state index contributed by atoms with van der Waals surface area (Å²) in [6.07, 6.45) is 2.63. The van der Waals surface area contributed by atoms with Gasteiger partial charge in [0.2, 0.25) is 5.91 Å². The third-order valence-electron chi connectivity index (χ3n) is 4.29. The van der Waals surface area contributed by atoms with Crippen molar-refractivity contribution < 1.29 is 14.4 Å². The molecule has 26 heavy (non-hydrogen) atoms. The average Bonchev–Trinajstić information content (AvgIpc) is 2.88. The molecule has 1 aliphatic rings. The molecule has 1 N–H and O–H groups in total. The van der Waals surface area contributed by atoms with Crippen LogP contribution in [0.15, 0.2) is 48.5 Å². The molecule has 0 unspecified atom stereocenters. The number of benzene rings is 2. The Morgan fingerprint density at radius 2 is 1.50 bits per heavy atom. The molecule has 2 aromatic carbocycles. The van der Waals surface area contributed by atoms with Crippen molar-refractivity contribution in [3.63, 3.8) is 0 Å². The maximum atomic E-state index is 12.2. The van der Waals surface area contributed by atoms with Crippen molar-refractivity contribution in [3.05, 3.63) is 63.2 Å². The second kappa shape index (κ2) is 8.44. The van der Waals surface area contributed by atoms with Gasteiger partial charge in [0.1, 0.15) is 0 Å². The minimum absolute atomic E-state index is 0.0214. The first kappa shape index (κ1) is 18.6. The van der Waals surface area contributed by atoms with E-state index in [1.165, 1.54) is 4.90 Å². The van der Waals surface area contributed by atoms with Crippen LogP contribution in [0.5, 0.6) is 0 Å². The Bertz CT molecular complexity index is 798. The van der Waals surface area contributed by atoms with Gasteiger partial charge in [-0.1, -0.05) is 18.6 Å². The molecule has 0 atom stereocenters. The van der Waals surface area contributed by atoms with Crippen molar-refractivity contribution in [2.24, 2.45) is 0 Å². The lowest BCUT2D eigenvalue weighted by Gasteiger charge is -2.13. The molecule has 0 aliphatic carbocycles. The van der Waals surface area contributed by atoms with E-state index in [0.717, 1.165) is 22.1 Å². The molecule has 2 aromatic rings. The number of unbranched alkanes of at least 4 members (excludes halogenated alkanes) is 2. The minimum Gasteiger partial charge on any atom is -0.326 e. The van der Waals surface area contributed by atoms with Gasteiger partial charge in [-0.2, -0.15) is 0 Å². The summed E-state index contributed by atoms with van der Waals surface area (Å²) in [5, 5.41) is 2.87. The summed E-state index contributed by atoms with van der Waals surface area (Å²) in [4.78, 5) is 37.7. The molecule has 3 rings (SSSR count). The quantitative estimate of drug-likeness (QED) is 0.383. The molecule has 1 aliphatic heterocycles. The van der Waals surface area contributed by atoms with E-state index in [4.69, 9.17) is 0 Å². The van der Waals surface area contributed by atoms with Gasteiger partial charge >= 0.3 is 0 Å². The van der Waals surface area contributed by atoms with Crippen LogP contribution < -0.4 is 5.32 Å². The zero-order chi connectivity index (χ0) is 18.5. The van der Waals surface area contributed by atoms with Crippen LogP contribution in [0, 0.1) is 3.57 Å². The summed E-state index contributed by atoms with van der Waals surface area (Å²) in [5.74, 6) is -0.462. The highest BCUT2D eigenvalue weighted by molar-refractivity contribution is 14.1. The number of imide groups is 1. The van der Waals surface area contributed by atoms with E-state index in [1.807, 2.05) is 24.3 Å². The Balaban J connectivity index is 1.38. The first-order valence-electron chi connectivity index (χ1n) is 8.57. The van der Waals surface area contributed by atoms with Crippen molar-refractivity contribution in [2.45, 2.75) is 25.7 Å². The van der Waals surface area contributed by atoms with Gasteiger partial charge in [0.15, 0.2) is 0 Å². The van der Waals surface area contributed by atoms with Crippen molar-refractivity contribution >= 4 is 46.0 Å². The Kier molecular flexibility index (Phi) is 6.03. The Labute approximate surface area is 165 Å². The number of anilines is 1. The molecule has 0 radical (unpaired) electrons. The maximum absolute atomic E-state index is 12.2. The smallest absolute Gasteiger partial charge is 0.261 e. The largest absolute Gasteiger partial charge is 0.326 e. The van der Waals surface area contributed by atoms with Gasteiger partial charge < -0.3 is 5.32 Å². The van der Waals surface area contributed by atoms with Crippen molar-refractivity contribution in [1.82, 2.24) is 4.90 Å². The monoisotopic (exact) mass is 462 g/mol. The van der Waals surface area contributed by atoms with E-state index in [-0.39, 0.29) is 17.7 Å². The van der Waals surface area contributed by atoms with Gasteiger partial charge in [-0.25, -0.2) is 0 Å². The highest BCUT2D eigenvalue weighted by Gasteiger charge is 2.34. The molecule has 0 aromatic heterocycles. The molecule has 0 bridgehead atoms. The third kappa shape index (κ3) is 4.30. The first-order valence-corrected chi connectivity index (χ1v) is 9.65. The van der Waals surface area contributed by atoms with E-state index in [0.29, 0.717) is 30.5 Å². The number of nitrogens with zero attached hydrogens (tertiary/aromatic N) is 1. The molecule has 0 saturated heterocycles. The standard InChI is InChI=1S/C20H19IN2O3/c21-14-9-11-15(12-10-14)22-18(24)8-2-1-5-13-23-19(25)16-6-3-4-7-17(16)20(23)26/h3-4,6-7,9-12H,1-2,5,8,13H2,(H,22,24). The van der Waals surface area contributed by atoms with Crippen LogP contribution in [-0.2, 0) is 4.79 Å². The van der Waals surface area contributed by atoms with E-state index in [9.17, 15) is 14.4 Å². The summed E-state index contributed by atoms with van der Waals surface area (Å²) in [6.45, 7) is 0.394. The summed E-state index contributed by atoms with van der Waals surface area (Å²) in [7, 11) is 0. The molecule has 134 valence electrons. The van der Waals surface area contributed by atoms with Crippen LogP contribution in [0.2, 0.25) is 0 Å². The average molecular weight is 462 g/mol. The molecule has 1 heterocycles. The fourth-order valence-electron chi connectivity index (χ4n) is 2.93. The number of nitrogens with one attached hydrogen (secondary N) is 1. The van der Waals surface area contributed by atoms with Crippen LogP contribution in [0.25, 0.3) is 0 Å². The predicted molar refractivity (Wildman–Crippen MR) is 108 cm³/mol. The number of fused-ring (bicyclic) bond motifs is 1. The topological polar surface area (TPSA) is 66.5 Å². The van der Waals surface area contributed by atoms with Crippen molar-refractivity contribution in [1.29, 1.82) is 0 Å². The molecular weight excluding hydrogens is 443 g/mol. The van der Waals surface area contributed by atoms with E-state index in [2.05, 4.69) is 27.9 Å². The number of carbonyl (C=O) groups is 3. The molecule has 6 heteroatoms. The van der Waals surface area contributed by atoms with Gasteiger partial charge in [-0.15, -0.1) is 0 Å². The summed E-state index contributed by atoms with van der Waals surface area (Å²) < 4.78 is 1.12. The number of amides is 3. The Morgan fingerprint density at radius 1 is 0.885 bits per heavy atom. The number of hydrogen-bond donors (Lipinski definition) is 1. The van der Waals surface area contributed by atoms with Gasteiger partial charge in [0, 0.05) is 22.2 Å². The van der Waals surface area contributed by atoms with Crippen LogP contribution in [0.1, 0.15) is 46.4 Å². The second-order valence-corrected chi connectivity index (χ2v) is 7.42. The molecule has 3 amide bonds. The zero-order valence-electron chi connectivity index (χ0n) is 14.2. The zero-order valence-corrected chi connectivity index (χ0v) is 16.4. The lowest BCUT2D eigenvalue weighted by Crippen LogP contribution is -2.30. The molecule has 5 nitrogen and oxygen atoms in total. The van der Waals surface area contributed by atoms with Gasteiger partial charge in [-0.3, -0.25) is 19.3 Å². The minimum atomic E-state index is -0.220. The molecule has 0 spiro atoms. The summed E-state index contributed by atoms with van der Waals surface area (Å²) in [5.41, 5.74) is 1.75. The first-order chi connectivity index (χ1) is 12.6. The van der Waals surface area contributed by atoms with Crippen LogP contribution in [0.4, 0.5) is 5.69 Å². The Morgan fingerprint density at radius 3 is 2.12 bits per heavy atom. The number of halogens is 1. The SMILES string of the molecule is O=C(CCCCCN1C(=O)c2ccccc2C1=O)Nc1ccc(I)cc1. The second-order valence-electron chi connectivity index (χ2n) is 6.17. The van der Waals surface area contributed by atoms with E-state index in [1.54, 1.807) is 24.3 Å². The number of carbonyl (C=O) groups excluding carboxylic acids is 3. The fraction of sp³-hybridized carbons (Fsp3) is 0.250. The number of hydrogen-bond acceptors (Lipinski definition) is 3. The third-order valence-corrected chi connectivity index (χ3v) is 5.01. The summed E-state index contributed by atoms with van der Waals surface area (Å²) in [6, 6.07) is 14.5. The fourth-order valence-corrected chi connectivity index (χ4v) is 3.29. The summed E-state index contributed by atoms with van der Waals surface area (Å²) >= 11 is 2.22.